The molecule has 16 heavy (non-hydrogen) atoms. The minimum absolute atomic E-state index is 0.0962. The summed E-state index contributed by atoms with van der Waals surface area (Å²) in [5.41, 5.74) is -0.304. The second kappa shape index (κ2) is 4.11. The van der Waals surface area contributed by atoms with Gasteiger partial charge in [-0.25, -0.2) is 4.39 Å². The first-order valence-electron chi connectivity index (χ1n) is 5.16. The highest BCUT2D eigenvalue weighted by Gasteiger charge is 2.45. The molecule has 0 unspecified atom stereocenters. The van der Waals surface area contributed by atoms with Crippen LogP contribution in [0.2, 0.25) is 0 Å². The van der Waals surface area contributed by atoms with Gasteiger partial charge in [0.25, 0.3) is 0 Å². The molecule has 0 aliphatic heterocycles. The molecule has 0 amide bonds. The van der Waals surface area contributed by atoms with E-state index >= 15 is 0 Å². The van der Waals surface area contributed by atoms with Crippen LogP contribution >= 0.6 is 0 Å². The largest absolute Gasteiger partial charge is 0.381 e. The van der Waals surface area contributed by atoms with Gasteiger partial charge in [0.2, 0.25) is 0 Å². The van der Waals surface area contributed by atoms with Gasteiger partial charge in [-0.1, -0.05) is 12.1 Å². The monoisotopic (exact) mass is 220 g/mol. The van der Waals surface area contributed by atoms with Crippen molar-refractivity contribution in [2.45, 2.75) is 24.5 Å². The van der Waals surface area contributed by atoms with Gasteiger partial charge in [0.1, 0.15) is 11.4 Å². The molecule has 0 heterocycles. The molecule has 0 bridgehead atoms. The number of benzene rings is 1. The lowest BCUT2D eigenvalue weighted by molar-refractivity contribution is 0.0128. The number of para-hydroxylation sites is 1. The first kappa shape index (κ1) is 10.9. The molecule has 3 nitrogen and oxygen atoms in total. The van der Waals surface area contributed by atoms with Crippen molar-refractivity contribution in [3.63, 3.8) is 0 Å². The second-order valence-electron chi connectivity index (χ2n) is 4.06. The Bertz CT molecular complexity index is 421. The van der Waals surface area contributed by atoms with Crippen LogP contribution in [0.3, 0.4) is 0 Å². The van der Waals surface area contributed by atoms with Crippen LogP contribution in [0.5, 0.6) is 0 Å². The number of rotatable bonds is 3. The van der Waals surface area contributed by atoms with E-state index in [0.29, 0.717) is 18.5 Å². The first-order chi connectivity index (χ1) is 7.69. The van der Waals surface area contributed by atoms with Gasteiger partial charge < -0.3 is 10.1 Å². The molecule has 0 aromatic heterocycles. The van der Waals surface area contributed by atoms with Crippen LogP contribution in [0.4, 0.5) is 10.1 Å². The maximum Gasteiger partial charge on any atom is 0.146 e. The molecule has 1 aliphatic rings. The van der Waals surface area contributed by atoms with Gasteiger partial charge in [0.05, 0.1) is 17.9 Å². The zero-order valence-electron chi connectivity index (χ0n) is 9.03. The summed E-state index contributed by atoms with van der Waals surface area (Å²) >= 11 is 0. The highest BCUT2D eigenvalue weighted by atomic mass is 19.1. The molecule has 1 fully saturated rings. The average Bonchev–Trinajstić information content (AvgIpc) is 2.25. The standard InChI is InChI=1S/C12H13FN2O/c1-16-9-6-12(7-9,8-14)15-11-5-3-2-4-10(11)13/h2-5,9,15H,6-7H2,1H3. The summed E-state index contributed by atoms with van der Waals surface area (Å²) in [4.78, 5) is 0. The lowest BCUT2D eigenvalue weighted by Gasteiger charge is -2.42. The molecule has 1 saturated carbocycles. The summed E-state index contributed by atoms with van der Waals surface area (Å²) in [5, 5.41) is 12.1. The summed E-state index contributed by atoms with van der Waals surface area (Å²) in [6, 6.07) is 8.57. The number of hydrogen-bond acceptors (Lipinski definition) is 3. The third-order valence-corrected chi connectivity index (χ3v) is 2.95. The Kier molecular flexibility index (Phi) is 2.80. The fourth-order valence-electron chi connectivity index (χ4n) is 1.93. The quantitative estimate of drug-likeness (QED) is 0.850. The Labute approximate surface area is 93.8 Å². The van der Waals surface area contributed by atoms with Gasteiger partial charge in [-0.05, 0) is 12.1 Å². The van der Waals surface area contributed by atoms with Crippen molar-refractivity contribution >= 4 is 5.69 Å². The lowest BCUT2D eigenvalue weighted by Crippen LogP contribution is -2.52. The third-order valence-electron chi connectivity index (χ3n) is 2.95. The summed E-state index contributed by atoms with van der Waals surface area (Å²) in [6.07, 6.45) is 1.28. The summed E-state index contributed by atoms with van der Waals surface area (Å²) < 4.78 is 18.5. The van der Waals surface area contributed by atoms with E-state index in [1.165, 1.54) is 6.07 Å². The zero-order valence-corrected chi connectivity index (χ0v) is 9.03. The number of nitrogens with one attached hydrogen (secondary N) is 1. The number of hydrogen-bond donors (Lipinski definition) is 1. The Morgan fingerprint density at radius 1 is 1.50 bits per heavy atom. The minimum atomic E-state index is -0.678. The fraction of sp³-hybridized carbons (Fsp3) is 0.417. The third kappa shape index (κ3) is 1.86. The Morgan fingerprint density at radius 2 is 2.19 bits per heavy atom. The van der Waals surface area contributed by atoms with Crippen molar-refractivity contribution < 1.29 is 9.13 Å². The van der Waals surface area contributed by atoms with E-state index in [1.54, 1.807) is 25.3 Å². The van der Waals surface area contributed by atoms with E-state index < -0.39 is 5.54 Å². The van der Waals surface area contributed by atoms with Crippen molar-refractivity contribution in [2.75, 3.05) is 12.4 Å². The van der Waals surface area contributed by atoms with Gasteiger partial charge in [-0.3, -0.25) is 0 Å². The first-order valence-corrected chi connectivity index (χ1v) is 5.16. The molecule has 0 atom stereocenters. The predicted octanol–water partition coefficient (Wildman–Crippen LogP) is 2.31. The number of anilines is 1. The molecular formula is C12H13FN2O. The van der Waals surface area contributed by atoms with Crippen molar-refractivity contribution in [3.05, 3.63) is 30.1 Å². The smallest absolute Gasteiger partial charge is 0.146 e. The molecule has 1 aromatic carbocycles. The van der Waals surface area contributed by atoms with Crippen LogP contribution in [-0.2, 0) is 4.74 Å². The molecule has 1 aliphatic carbocycles. The highest BCUT2D eigenvalue weighted by Crippen LogP contribution is 2.37. The number of halogens is 1. The molecule has 84 valence electrons. The van der Waals surface area contributed by atoms with Crippen LogP contribution in [0.25, 0.3) is 0 Å². The van der Waals surface area contributed by atoms with Crippen molar-refractivity contribution in [1.29, 1.82) is 5.26 Å². The topological polar surface area (TPSA) is 45.0 Å². The molecule has 4 heteroatoms. The number of methoxy groups -OCH3 is 1. The summed E-state index contributed by atoms with van der Waals surface area (Å²) in [7, 11) is 1.62. The van der Waals surface area contributed by atoms with Gasteiger partial charge in [0, 0.05) is 20.0 Å². The van der Waals surface area contributed by atoms with Crippen LogP contribution in [0, 0.1) is 17.1 Å². The van der Waals surface area contributed by atoms with E-state index in [2.05, 4.69) is 11.4 Å². The van der Waals surface area contributed by atoms with Crippen LogP contribution in [0.15, 0.2) is 24.3 Å². The van der Waals surface area contributed by atoms with Gasteiger partial charge in [-0.15, -0.1) is 0 Å². The summed E-state index contributed by atoms with van der Waals surface area (Å²) in [5.74, 6) is -0.335. The molecule has 0 spiro atoms. The normalized spacial score (nSPS) is 27.9. The van der Waals surface area contributed by atoms with E-state index in [9.17, 15) is 4.39 Å². The van der Waals surface area contributed by atoms with Crippen molar-refractivity contribution in [1.82, 2.24) is 0 Å². The fourth-order valence-corrected chi connectivity index (χ4v) is 1.93. The second-order valence-corrected chi connectivity index (χ2v) is 4.06. The van der Waals surface area contributed by atoms with Gasteiger partial charge in [0.15, 0.2) is 0 Å². The van der Waals surface area contributed by atoms with E-state index in [1.807, 2.05) is 0 Å². The molecule has 1 N–H and O–H groups in total. The number of ether oxygens (including phenoxy) is 1. The molecular weight excluding hydrogens is 207 g/mol. The maximum atomic E-state index is 13.4. The van der Waals surface area contributed by atoms with Crippen LogP contribution in [-0.4, -0.2) is 18.8 Å². The van der Waals surface area contributed by atoms with Crippen LogP contribution < -0.4 is 5.32 Å². The molecule has 2 rings (SSSR count). The van der Waals surface area contributed by atoms with Gasteiger partial charge in [-0.2, -0.15) is 5.26 Å². The minimum Gasteiger partial charge on any atom is -0.381 e. The Balaban J connectivity index is 2.10. The van der Waals surface area contributed by atoms with E-state index in [-0.39, 0.29) is 11.9 Å². The Morgan fingerprint density at radius 3 is 2.75 bits per heavy atom. The van der Waals surface area contributed by atoms with E-state index in [0.717, 1.165) is 0 Å². The molecule has 0 radical (unpaired) electrons. The number of nitriles is 1. The van der Waals surface area contributed by atoms with Crippen molar-refractivity contribution in [3.8, 4) is 6.07 Å². The van der Waals surface area contributed by atoms with E-state index in [4.69, 9.17) is 10.00 Å². The molecule has 0 saturated heterocycles. The van der Waals surface area contributed by atoms with Crippen molar-refractivity contribution in [2.24, 2.45) is 0 Å². The lowest BCUT2D eigenvalue weighted by atomic mass is 9.75. The average molecular weight is 220 g/mol. The SMILES string of the molecule is COC1CC(C#N)(Nc2ccccc2F)C1. The number of nitrogens with zero attached hydrogens (tertiary/aromatic N) is 1. The summed E-state index contributed by atoms with van der Waals surface area (Å²) in [6.45, 7) is 0. The zero-order chi connectivity index (χ0) is 11.6. The maximum absolute atomic E-state index is 13.4. The Hall–Kier alpha value is -1.60. The predicted molar refractivity (Wildman–Crippen MR) is 58.4 cm³/mol. The van der Waals surface area contributed by atoms with Crippen LogP contribution in [0.1, 0.15) is 12.8 Å². The van der Waals surface area contributed by atoms with Gasteiger partial charge >= 0.3 is 0 Å². The highest BCUT2D eigenvalue weighted by molar-refractivity contribution is 5.50. The molecule has 1 aromatic rings.